The van der Waals surface area contributed by atoms with E-state index in [0.717, 1.165) is 35.6 Å². The van der Waals surface area contributed by atoms with Gasteiger partial charge in [-0.15, -0.1) is 0 Å². The third-order valence-electron chi connectivity index (χ3n) is 7.40. The van der Waals surface area contributed by atoms with Gasteiger partial charge in [-0.3, -0.25) is 4.99 Å². The quantitative estimate of drug-likeness (QED) is 0.253. The van der Waals surface area contributed by atoms with Gasteiger partial charge in [0.1, 0.15) is 23.9 Å². The van der Waals surface area contributed by atoms with E-state index in [1.54, 1.807) is 18.2 Å². The Labute approximate surface area is 262 Å². The van der Waals surface area contributed by atoms with Gasteiger partial charge in [0.2, 0.25) is 5.88 Å². The van der Waals surface area contributed by atoms with Gasteiger partial charge < -0.3 is 24.8 Å². The Kier molecular flexibility index (Phi) is 8.62. The summed E-state index contributed by atoms with van der Waals surface area (Å²) in [5, 5.41) is 10.9. The molecule has 1 unspecified atom stereocenters. The molecule has 6 rings (SSSR count). The Bertz CT molecular complexity index is 1800. The van der Waals surface area contributed by atoms with E-state index in [-0.39, 0.29) is 11.6 Å². The first-order chi connectivity index (χ1) is 22.0. The van der Waals surface area contributed by atoms with Gasteiger partial charge >= 0.3 is 0 Å². The number of likely N-dealkylation sites (N-methyl/N-ethyl adjacent to an activating group) is 1. The summed E-state index contributed by atoms with van der Waals surface area (Å²) < 4.78 is 18.9. The molecule has 4 aromatic carbocycles. The van der Waals surface area contributed by atoms with Crippen LogP contribution in [-0.4, -0.2) is 47.9 Å². The second-order valence-electron chi connectivity index (χ2n) is 10.6. The van der Waals surface area contributed by atoms with Crippen molar-refractivity contribution in [1.82, 2.24) is 9.91 Å². The second-order valence-corrected chi connectivity index (χ2v) is 10.6. The fourth-order valence-corrected chi connectivity index (χ4v) is 5.04. The van der Waals surface area contributed by atoms with E-state index in [2.05, 4.69) is 16.0 Å². The average molecular weight is 600 g/mol. The van der Waals surface area contributed by atoms with E-state index in [9.17, 15) is 5.26 Å². The van der Waals surface area contributed by atoms with Crippen molar-refractivity contribution in [2.24, 2.45) is 21.6 Å². The van der Waals surface area contributed by atoms with Crippen LogP contribution in [0.15, 0.2) is 125 Å². The predicted molar refractivity (Wildman–Crippen MR) is 172 cm³/mol. The molecule has 10 heteroatoms. The van der Waals surface area contributed by atoms with Crippen molar-refractivity contribution < 1.29 is 14.2 Å². The molecule has 0 saturated carbocycles. The third kappa shape index (κ3) is 6.74. The van der Waals surface area contributed by atoms with Crippen LogP contribution >= 0.6 is 0 Å². The molecule has 226 valence electrons. The molecule has 10 nitrogen and oxygen atoms in total. The zero-order valence-corrected chi connectivity index (χ0v) is 24.8. The number of nitrogens with zero attached hydrogens (tertiary/aromatic N) is 5. The summed E-state index contributed by atoms with van der Waals surface area (Å²) in [6.45, 7) is 1.91. The molecule has 0 aromatic heterocycles. The standard InChI is InChI=1S/C35H33N7O3/c1-41-18-17-39-33(41)27-13-8-14-28(21-27)44-34-32(37)29(19-24-9-4-2-5-10-24)40-35(42(34)38)45-31-20-26(22-36)15-16-30(31)43-23-25-11-6-3-7-12-25/h2-16,20-21,35H,17-19,23,37-38H2,1H3. The van der Waals surface area contributed by atoms with Crippen LogP contribution in [0.3, 0.4) is 0 Å². The molecule has 0 spiro atoms. The number of nitriles is 1. The van der Waals surface area contributed by atoms with Gasteiger partial charge in [0.25, 0.3) is 6.35 Å². The molecule has 2 aliphatic heterocycles. The lowest BCUT2D eigenvalue weighted by Gasteiger charge is -2.33. The van der Waals surface area contributed by atoms with Crippen molar-refractivity contribution in [2.75, 3.05) is 20.1 Å². The summed E-state index contributed by atoms with van der Waals surface area (Å²) in [4.78, 5) is 11.5. The maximum Gasteiger partial charge on any atom is 0.286 e. The lowest BCUT2D eigenvalue weighted by atomic mass is 10.1. The maximum absolute atomic E-state index is 9.62. The minimum Gasteiger partial charge on any atom is -0.485 e. The number of nitrogens with two attached hydrogens (primary N) is 2. The average Bonchev–Trinajstić information content (AvgIpc) is 3.51. The number of amidine groups is 1. The molecule has 0 aliphatic carbocycles. The van der Waals surface area contributed by atoms with Crippen LogP contribution in [0.1, 0.15) is 22.3 Å². The van der Waals surface area contributed by atoms with Crippen LogP contribution < -0.4 is 25.8 Å². The van der Waals surface area contributed by atoms with Crippen LogP contribution in [0.4, 0.5) is 0 Å². The molecule has 0 fully saturated rings. The van der Waals surface area contributed by atoms with E-state index in [1.807, 2.05) is 92.0 Å². The third-order valence-corrected chi connectivity index (χ3v) is 7.40. The Hall–Kier alpha value is -5.79. The highest BCUT2D eigenvalue weighted by Crippen LogP contribution is 2.33. The number of hydrazine groups is 1. The molecule has 45 heavy (non-hydrogen) atoms. The Morgan fingerprint density at radius 1 is 0.911 bits per heavy atom. The van der Waals surface area contributed by atoms with E-state index >= 15 is 0 Å². The monoisotopic (exact) mass is 599 g/mol. The van der Waals surface area contributed by atoms with Gasteiger partial charge in [-0.25, -0.2) is 15.8 Å². The summed E-state index contributed by atoms with van der Waals surface area (Å²) >= 11 is 0. The molecule has 2 heterocycles. The number of rotatable bonds is 10. The summed E-state index contributed by atoms with van der Waals surface area (Å²) in [6.07, 6.45) is -0.655. The lowest BCUT2D eigenvalue weighted by Crippen LogP contribution is -2.49. The number of hydrogen-bond donors (Lipinski definition) is 2. The van der Waals surface area contributed by atoms with Crippen LogP contribution in [0.5, 0.6) is 17.2 Å². The highest BCUT2D eigenvalue weighted by Gasteiger charge is 2.32. The van der Waals surface area contributed by atoms with E-state index in [0.29, 0.717) is 41.6 Å². The van der Waals surface area contributed by atoms with Gasteiger partial charge in [-0.2, -0.15) is 5.26 Å². The fourth-order valence-electron chi connectivity index (χ4n) is 5.04. The highest BCUT2D eigenvalue weighted by atomic mass is 16.6. The summed E-state index contributed by atoms with van der Waals surface area (Å²) in [5.74, 6) is 8.98. The lowest BCUT2D eigenvalue weighted by molar-refractivity contribution is 0.0203. The molecule has 0 saturated heterocycles. The van der Waals surface area contributed by atoms with Gasteiger partial charge in [0.05, 0.1) is 23.9 Å². The first-order valence-corrected chi connectivity index (χ1v) is 14.5. The normalized spacial score (nSPS) is 16.2. The van der Waals surface area contributed by atoms with Crippen molar-refractivity contribution in [3.63, 3.8) is 0 Å². The number of ether oxygens (including phenoxy) is 3. The van der Waals surface area contributed by atoms with Crippen LogP contribution in [-0.2, 0) is 13.0 Å². The Morgan fingerprint density at radius 3 is 2.38 bits per heavy atom. The zero-order chi connectivity index (χ0) is 31.2. The first-order valence-electron chi connectivity index (χ1n) is 14.5. The number of hydrogen-bond acceptors (Lipinski definition) is 10. The number of benzene rings is 4. The maximum atomic E-state index is 9.62. The highest BCUT2D eigenvalue weighted by molar-refractivity contribution is 6.02. The first kappa shape index (κ1) is 29.3. The molecular weight excluding hydrogens is 566 g/mol. The van der Waals surface area contributed by atoms with Crippen molar-refractivity contribution in [2.45, 2.75) is 19.4 Å². The number of allylic oxidation sites excluding steroid dienone is 1. The van der Waals surface area contributed by atoms with Gasteiger partial charge in [0, 0.05) is 31.6 Å². The van der Waals surface area contributed by atoms with Gasteiger partial charge in [-0.1, -0.05) is 72.8 Å². The predicted octanol–water partition coefficient (Wildman–Crippen LogP) is 4.57. The van der Waals surface area contributed by atoms with Crippen molar-refractivity contribution in [1.29, 1.82) is 5.26 Å². The fraction of sp³-hybridized carbons (Fsp3) is 0.171. The zero-order valence-electron chi connectivity index (χ0n) is 24.8. The number of aliphatic imine (C=N–C) groups is 2. The van der Waals surface area contributed by atoms with E-state index in [1.165, 1.54) is 5.01 Å². The molecule has 1 atom stereocenters. The molecule has 2 aliphatic rings. The van der Waals surface area contributed by atoms with Crippen LogP contribution in [0.2, 0.25) is 0 Å². The smallest absolute Gasteiger partial charge is 0.286 e. The van der Waals surface area contributed by atoms with E-state index < -0.39 is 6.35 Å². The van der Waals surface area contributed by atoms with Crippen molar-refractivity contribution in [3.05, 3.63) is 137 Å². The van der Waals surface area contributed by atoms with Crippen molar-refractivity contribution in [3.8, 4) is 23.3 Å². The van der Waals surface area contributed by atoms with Gasteiger partial charge in [-0.05, 0) is 35.4 Å². The largest absolute Gasteiger partial charge is 0.485 e. The minimum atomic E-state index is -1.08. The van der Waals surface area contributed by atoms with E-state index in [4.69, 9.17) is 30.8 Å². The summed E-state index contributed by atoms with van der Waals surface area (Å²) in [6, 6.07) is 34.4. The molecule has 0 radical (unpaired) electrons. The second kappa shape index (κ2) is 13.2. The molecule has 0 bridgehead atoms. The molecule has 0 amide bonds. The summed E-state index contributed by atoms with van der Waals surface area (Å²) in [7, 11) is 2.01. The van der Waals surface area contributed by atoms with Crippen LogP contribution in [0.25, 0.3) is 0 Å². The van der Waals surface area contributed by atoms with Crippen LogP contribution in [0, 0.1) is 11.3 Å². The van der Waals surface area contributed by atoms with Gasteiger partial charge in [0.15, 0.2) is 11.5 Å². The summed E-state index contributed by atoms with van der Waals surface area (Å²) in [5.41, 5.74) is 10.8. The molecular formula is C35H33N7O3. The molecule has 4 aromatic rings. The van der Waals surface area contributed by atoms with Crippen molar-refractivity contribution >= 4 is 11.5 Å². The minimum absolute atomic E-state index is 0.183. The topological polar surface area (TPSA) is 135 Å². The Balaban J connectivity index is 1.32. The molecule has 4 N–H and O–H groups in total. The Morgan fingerprint density at radius 2 is 1.67 bits per heavy atom. The SMILES string of the molecule is CN1CCN=C1c1cccc(OC2=C(N)C(Cc3ccccc3)=NC(Oc3cc(C#N)ccc3OCc3ccccc3)N2N)c1.